The number of fused-ring (bicyclic) bond motifs is 10. The molecule has 0 atom stereocenters. The minimum absolute atomic E-state index is 0.280. The predicted octanol–water partition coefficient (Wildman–Crippen LogP) is 9.53. The second-order valence-corrected chi connectivity index (χ2v) is 9.37. The van der Waals surface area contributed by atoms with Crippen molar-refractivity contribution in [2.45, 2.75) is 0 Å². The lowest BCUT2D eigenvalue weighted by Crippen LogP contribution is -2.00. The van der Waals surface area contributed by atoms with Crippen LogP contribution in [0.15, 0.2) is 69.6 Å². The van der Waals surface area contributed by atoms with Crippen molar-refractivity contribution in [3.8, 4) is 0 Å². The van der Waals surface area contributed by atoms with Gasteiger partial charge in [-0.3, -0.25) is 0 Å². The molecule has 0 aliphatic carbocycles. The third kappa shape index (κ3) is 2.48. The first kappa shape index (κ1) is 19.9. The van der Waals surface area contributed by atoms with Crippen LogP contribution in [0.3, 0.4) is 0 Å². The summed E-state index contributed by atoms with van der Waals surface area (Å²) in [5, 5.41) is 4.68. The van der Waals surface area contributed by atoms with Gasteiger partial charge in [0.15, 0.2) is 23.3 Å². The van der Waals surface area contributed by atoms with E-state index in [1.54, 1.807) is 12.1 Å². The number of hydrogen-bond donors (Lipinski definition) is 0. The van der Waals surface area contributed by atoms with Crippen molar-refractivity contribution >= 4 is 85.7 Å². The normalized spacial score (nSPS) is 12.1. The Morgan fingerprint density at radius 1 is 0.406 bits per heavy atom. The van der Waals surface area contributed by atoms with E-state index in [9.17, 15) is 8.78 Å². The molecular formula is C26H10Br2F4. The van der Waals surface area contributed by atoms with Crippen LogP contribution in [0.2, 0.25) is 0 Å². The zero-order chi connectivity index (χ0) is 22.3. The van der Waals surface area contributed by atoms with Crippen LogP contribution in [0.1, 0.15) is 0 Å². The summed E-state index contributed by atoms with van der Waals surface area (Å²) in [6.07, 6.45) is 0. The van der Waals surface area contributed by atoms with Gasteiger partial charge >= 0.3 is 0 Å². The first-order valence-corrected chi connectivity index (χ1v) is 11.3. The molecule has 0 aliphatic heterocycles. The molecule has 0 N–H and O–H groups in total. The highest BCUT2D eigenvalue weighted by Gasteiger charge is 2.26. The number of benzene rings is 6. The fourth-order valence-electron chi connectivity index (χ4n) is 4.73. The molecule has 6 aromatic carbocycles. The molecule has 0 aromatic heterocycles. The lowest BCUT2D eigenvalue weighted by molar-refractivity contribution is 0.418. The van der Waals surface area contributed by atoms with E-state index >= 15 is 8.78 Å². The Bertz CT molecular complexity index is 1660. The summed E-state index contributed by atoms with van der Waals surface area (Å²) in [5.74, 6) is -6.45. The topological polar surface area (TPSA) is 0 Å². The van der Waals surface area contributed by atoms with Gasteiger partial charge in [0.05, 0.1) is 0 Å². The van der Waals surface area contributed by atoms with Gasteiger partial charge in [-0.05, 0) is 55.2 Å². The maximum absolute atomic E-state index is 15.2. The summed E-state index contributed by atoms with van der Waals surface area (Å²) in [5.41, 5.74) is 0. The number of halogens is 6. The van der Waals surface area contributed by atoms with Crippen LogP contribution in [-0.4, -0.2) is 0 Å². The molecule has 0 unspecified atom stereocenters. The minimum atomic E-state index is -1.82. The molecule has 0 saturated carbocycles. The van der Waals surface area contributed by atoms with Gasteiger partial charge < -0.3 is 0 Å². The molecule has 0 saturated heterocycles. The van der Waals surface area contributed by atoms with Crippen LogP contribution < -0.4 is 0 Å². The van der Waals surface area contributed by atoms with Gasteiger partial charge in [-0.15, -0.1) is 0 Å². The highest BCUT2D eigenvalue weighted by atomic mass is 79.9. The molecule has 6 aromatic rings. The molecule has 0 fully saturated rings. The number of rotatable bonds is 0. The smallest absolute Gasteiger partial charge is 0.198 e. The van der Waals surface area contributed by atoms with Crippen molar-refractivity contribution < 1.29 is 17.6 Å². The van der Waals surface area contributed by atoms with Crippen LogP contribution in [0.5, 0.6) is 0 Å². The molecule has 0 spiro atoms. The molecule has 156 valence electrons. The van der Waals surface area contributed by atoms with Crippen LogP contribution in [0.4, 0.5) is 17.6 Å². The Labute approximate surface area is 195 Å². The third-order valence-corrected chi connectivity index (χ3v) is 7.36. The Morgan fingerprint density at radius 2 is 0.750 bits per heavy atom. The zero-order valence-electron chi connectivity index (χ0n) is 16.0. The quantitative estimate of drug-likeness (QED) is 0.0754. The van der Waals surface area contributed by atoms with Gasteiger partial charge in [0.2, 0.25) is 0 Å². The van der Waals surface area contributed by atoms with E-state index in [-0.39, 0.29) is 10.8 Å². The summed E-state index contributed by atoms with van der Waals surface area (Å²) in [6.45, 7) is 0. The molecule has 0 radical (unpaired) electrons. The van der Waals surface area contributed by atoms with E-state index in [4.69, 9.17) is 0 Å². The average Bonchev–Trinajstić information content (AvgIpc) is 2.81. The molecule has 32 heavy (non-hydrogen) atoms. The van der Waals surface area contributed by atoms with Gasteiger partial charge in [-0.2, -0.15) is 0 Å². The predicted molar refractivity (Wildman–Crippen MR) is 129 cm³/mol. The lowest BCUT2D eigenvalue weighted by Gasteiger charge is -2.18. The van der Waals surface area contributed by atoms with Gasteiger partial charge in [-0.1, -0.05) is 80.4 Å². The summed E-state index contributed by atoms with van der Waals surface area (Å²) < 4.78 is 60.5. The van der Waals surface area contributed by atoms with Crippen molar-refractivity contribution in [2.75, 3.05) is 0 Å². The molecule has 0 heterocycles. The van der Waals surface area contributed by atoms with Crippen molar-refractivity contribution in [3.63, 3.8) is 0 Å². The van der Waals surface area contributed by atoms with Gasteiger partial charge in [0.25, 0.3) is 0 Å². The fraction of sp³-hybridized carbons (Fsp3) is 0. The molecular weight excluding hydrogens is 548 g/mol. The molecule has 6 rings (SSSR count). The number of hydrogen-bond acceptors (Lipinski definition) is 0. The molecule has 6 heteroatoms. The SMILES string of the molecule is Fc1c(F)c(F)c2c3cc(Br)c4ccccc4c3c3c4ccccc4c(Br)cc3c2c1F. The minimum Gasteiger partial charge on any atom is -0.203 e. The van der Waals surface area contributed by atoms with Crippen LogP contribution >= 0.6 is 31.9 Å². The Hall–Kier alpha value is -2.70. The van der Waals surface area contributed by atoms with E-state index in [0.717, 1.165) is 21.5 Å². The highest BCUT2D eigenvalue weighted by molar-refractivity contribution is 9.11. The van der Waals surface area contributed by atoms with Crippen LogP contribution in [-0.2, 0) is 0 Å². The average molecular weight is 558 g/mol. The summed E-state index contributed by atoms with van der Waals surface area (Å²) in [7, 11) is 0. The zero-order valence-corrected chi connectivity index (χ0v) is 19.2. The standard InChI is InChI=1S/C26H10Br2F4/c27-17-9-15-19(13-7-3-1-5-11(13)17)20-14-8-4-2-6-12(14)18(28)10-16(20)22-21(15)23(29)25(31)26(32)24(22)30/h1-10H. The first-order chi connectivity index (χ1) is 15.4. The first-order valence-electron chi connectivity index (χ1n) is 9.69. The highest BCUT2D eigenvalue weighted by Crippen LogP contribution is 2.47. The van der Waals surface area contributed by atoms with Gasteiger partial charge in [-0.25, -0.2) is 17.6 Å². The van der Waals surface area contributed by atoms with E-state index < -0.39 is 23.3 Å². The van der Waals surface area contributed by atoms with E-state index in [1.165, 1.54) is 0 Å². The molecule has 0 nitrogen and oxygen atoms in total. The Balaban J connectivity index is 2.14. The van der Waals surface area contributed by atoms with Crippen LogP contribution in [0, 0.1) is 23.3 Å². The molecule has 0 bridgehead atoms. The third-order valence-electron chi connectivity index (χ3n) is 6.04. The second kappa shape index (κ2) is 6.90. The summed E-state index contributed by atoms with van der Waals surface area (Å²) >= 11 is 7.03. The fourth-order valence-corrected chi connectivity index (χ4v) is 5.88. The Kier molecular flexibility index (Phi) is 4.30. The van der Waals surface area contributed by atoms with Crippen LogP contribution in [0.25, 0.3) is 53.9 Å². The van der Waals surface area contributed by atoms with Crippen molar-refractivity contribution in [3.05, 3.63) is 92.9 Å². The monoisotopic (exact) mass is 556 g/mol. The summed E-state index contributed by atoms with van der Waals surface area (Å²) in [4.78, 5) is 0. The second-order valence-electron chi connectivity index (χ2n) is 7.66. The van der Waals surface area contributed by atoms with E-state index in [2.05, 4.69) is 31.9 Å². The summed E-state index contributed by atoms with van der Waals surface area (Å²) in [6, 6.07) is 18.4. The van der Waals surface area contributed by atoms with Crippen molar-refractivity contribution in [1.82, 2.24) is 0 Å². The van der Waals surface area contributed by atoms with Gasteiger partial charge in [0, 0.05) is 19.7 Å². The Morgan fingerprint density at radius 3 is 1.12 bits per heavy atom. The van der Waals surface area contributed by atoms with Crippen molar-refractivity contribution in [2.24, 2.45) is 0 Å². The van der Waals surface area contributed by atoms with Gasteiger partial charge in [0.1, 0.15) is 0 Å². The maximum atomic E-state index is 15.2. The van der Waals surface area contributed by atoms with Crippen molar-refractivity contribution in [1.29, 1.82) is 0 Å². The largest absolute Gasteiger partial charge is 0.203 e. The molecule has 0 aliphatic rings. The molecule has 0 amide bonds. The van der Waals surface area contributed by atoms with E-state index in [0.29, 0.717) is 30.5 Å². The van der Waals surface area contributed by atoms with E-state index in [1.807, 2.05) is 48.5 Å². The maximum Gasteiger partial charge on any atom is 0.198 e. The lowest BCUT2D eigenvalue weighted by atomic mass is 9.88.